The molecule has 1 amide bonds. The Kier molecular flexibility index (Phi) is 11.5. The first-order valence-electron chi connectivity index (χ1n) is 14.1. The standard InChI is InChI=1S/C28H36ClF2N3O.C3H3F3O/c1-28(2,3)34-17-23(22-12-11-21(30)16-25(22)31)24(18-34)27(35)33-13-5-6-26(32(4)14-15-33)19-7-9-20(29)10-8-19;4-3(5,6)1-2-7/h7-12,16,23-24,26H,5-6,13-15,17-18H2,1-4H3;2H,1H2/t23-,24?,26?;/m0./s1. The van der Waals surface area contributed by atoms with Gasteiger partial charge in [0.15, 0.2) is 0 Å². The molecule has 0 N–H and O–H groups in total. The number of hydrogen-bond donors (Lipinski definition) is 0. The summed E-state index contributed by atoms with van der Waals surface area (Å²) < 4.78 is 60.9. The van der Waals surface area contributed by atoms with Gasteiger partial charge in [-0.25, -0.2) is 8.78 Å². The summed E-state index contributed by atoms with van der Waals surface area (Å²) in [6, 6.07) is 12.0. The second-order valence-corrected chi connectivity index (χ2v) is 12.4. The molecule has 0 radical (unpaired) electrons. The molecule has 2 aromatic rings. The lowest BCUT2D eigenvalue weighted by Crippen LogP contribution is -2.46. The maximum atomic E-state index is 14.8. The highest BCUT2D eigenvalue weighted by atomic mass is 35.5. The van der Waals surface area contributed by atoms with Crippen LogP contribution in [-0.4, -0.2) is 78.4 Å². The van der Waals surface area contributed by atoms with E-state index in [-0.39, 0.29) is 35.6 Å². The van der Waals surface area contributed by atoms with Crippen LogP contribution >= 0.6 is 11.6 Å². The molecule has 0 aromatic heterocycles. The molecule has 0 saturated carbocycles. The van der Waals surface area contributed by atoms with E-state index in [1.54, 1.807) is 0 Å². The van der Waals surface area contributed by atoms with E-state index in [1.807, 2.05) is 17.0 Å². The summed E-state index contributed by atoms with van der Waals surface area (Å²) in [4.78, 5) is 29.5. The third-order valence-electron chi connectivity index (χ3n) is 7.99. The second-order valence-electron chi connectivity index (χ2n) is 12.0. The van der Waals surface area contributed by atoms with E-state index in [2.05, 4.69) is 49.8 Å². The van der Waals surface area contributed by atoms with E-state index in [1.165, 1.54) is 17.7 Å². The summed E-state index contributed by atoms with van der Waals surface area (Å²) in [5.41, 5.74) is 1.52. The zero-order valence-corrected chi connectivity index (χ0v) is 25.2. The lowest BCUT2D eigenvalue weighted by molar-refractivity contribution is -0.144. The lowest BCUT2D eigenvalue weighted by Gasteiger charge is -2.36. The molecule has 2 aromatic carbocycles. The van der Waals surface area contributed by atoms with Crippen molar-refractivity contribution < 1.29 is 31.5 Å². The Morgan fingerprint density at radius 2 is 1.67 bits per heavy atom. The molecule has 232 valence electrons. The normalized spacial score (nSPS) is 22.6. The van der Waals surface area contributed by atoms with Gasteiger partial charge in [0.25, 0.3) is 0 Å². The molecule has 2 fully saturated rings. The third kappa shape index (κ3) is 9.22. The van der Waals surface area contributed by atoms with Crippen LogP contribution < -0.4 is 0 Å². The number of amides is 1. The summed E-state index contributed by atoms with van der Waals surface area (Å²) in [5, 5.41) is 0.729. The fraction of sp³-hybridized carbons (Fsp3) is 0.548. The molecule has 42 heavy (non-hydrogen) atoms. The van der Waals surface area contributed by atoms with Crippen LogP contribution in [0.15, 0.2) is 42.5 Å². The van der Waals surface area contributed by atoms with Crippen LogP contribution in [0.4, 0.5) is 22.0 Å². The number of halogens is 6. The van der Waals surface area contributed by atoms with Crippen LogP contribution in [0.1, 0.15) is 63.1 Å². The second kappa shape index (κ2) is 14.3. The summed E-state index contributed by atoms with van der Waals surface area (Å²) in [6.07, 6.45) is -4.00. The molecule has 2 aliphatic heterocycles. The number of carbonyl (C=O) groups excluding carboxylic acids is 2. The molecule has 4 rings (SSSR count). The van der Waals surface area contributed by atoms with Crippen molar-refractivity contribution in [3.63, 3.8) is 0 Å². The van der Waals surface area contributed by atoms with Gasteiger partial charge < -0.3 is 9.69 Å². The number of carbonyl (C=O) groups is 2. The van der Waals surface area contributed by atoms with E-state index in [9.17, 15) is 26.7 Å². The Hall–Kier alpha value is -2.56. The summed E-state index contributed by atoms with van der Waals surface area (Å²) in [5.74, 6) is -1.74. The van der Waals surface area contributed by atoms with Crippen molar-refractivity contribution in [2.75, 3.05) is 39.8 Å². The van der Waals surface area contributed by atoms with Gasteiger partial charge in [-0.3, -0.25) is 14.6 Å². The minimum atomic E-state index is -4.32. The van der Waals surface area contributed by atoms with Crippen LogP contribution in [0, 0.1) is 17.6 Å². The van der Waals surface area contributed by atoms with Crippen LogP contribution in [0.3, 0.4) is 0 Å². The van der Waals surface area contributed by atoms with Crippen molar-refractivity contribution in [2.45, 2.75) is 63.7 Å². The first-order chi connectivity index (χ1) is 19.6. The maximum absolute atomic E-state index is 14.8. The number of benzene rings is 2. The molecule has 0 bridgehead atoms. The number of rotatable bonds is 4. The molecule has 0 spiro atoms. The summed E-state index contributed by atoms with van der Waals surface area (Å²) >= 11 is 6.07. The van der Waals surface area contributed by atoms with Gasteiger partial charge in [-0.15, -0.1) is 0 Å². The Labute approximate surface area is 249 Å². The molecule has 2 heterocycles. The Morgan fingerprint density at radius 1 is 1.00 bits per heavy atom. The van der Waals surface area contributed by atoms with Crippen molar-refractivity contribution in [3.05, 3.63) is 70.2 Å². The smallest absolute Gasteiger partial charge is 0.341 e. The molecule has 2 aliphatic rings. The van der Waals surface area contributed by atoms with Crippen molar-refractivity contribution in [1.82, 2.24) is 14.7 Å². The Morgan fingerprint density at radius 3 is 2.21 bits per heavy atom. The zero-order chi connectivity index (χ0) is 31.2. The lowest BCUT2D eigenvalue weighted by atomic mass is 9.87. The fourth-order valence-corrected chi connectivity index (χ4v) is 5.74. The van der Waals surface area contributed by atoms with Crippen molar-refractivity contribution >= 4 is 23.8 Å². The SMILES string of the molecule is CN1CCN(C(=O)C2CN(C(C)(C)C)C[C@H]2c2ccc(F)cc2F)CCCC1c1ccc(Cl)cc1.O=CCC(F)(F)F. The van der Waals surface area contributed by atoms with Gasteiger partial charge in [-0.1, -0.05) is 29.8 Å². The molecule has 2 saturated heterocycles. The number of likely N-dealkylation sites (N-methyl/N-ethyl adjacent to an activating group) is 1. The fourth-order valence-electron chi connectivity index (χ4n) is 5.62. The van der Waals surface area contributed by atoms with Gasteiger partial charge in [0.1, 0.15) is 17.9 Å². The van der Waals surface area contributed by atoms with E-state index in [0.717, 1.165) is 30.5 Å². The van der Waals surface area contributed by atoms with Crippen LogP contribution in [-0.2, 0) is 9.59 Å². The van der Waals surface area contributed by atoms with Gasteiger partial charge in [0, 0.05) is 61.3 Å². The first kappa shape index (κ1) is 33.9. The number of hydrogen-bond acceptors (Lipinski definition) is 4. The molecule has 2 unspecified atom stereocenters. The van der Waals surface area contributed by atoms with Gasteiger partial charge in [-0.05, 0) is 70.0 Å². The average molecular weight is 616 g/mol. The van der Waals surface area contributed by atoms with E-state index < -0.39 is 24.2 Å². The topological polar surface area (TPSA) is 43.9 Å². The highest BCUT2D eigenvalue weighted by Gasteiger charge is 2.44. The van der Waals surface area contributed by atoms with Crippen molar-refractivity contribution in [2.24, 2.45) is 5.92 Å². The number of aldehydes is 1. The van der Waals surface area contributed by atoms with Crippen molar-refractivity contribution in [3.8, 4) is 0 Å². The maximum Gasteiger partial charge on any atom is 0.395 e. The first-order valence-corrected chi connectivity index (χ1v) is 14.4. The van der Waals surface area contributed by atoms with Gasteiger partial charge >= 0.3 is 6.18 Å². The predicted molar refractivity (Wildman–Crippen MR) is 153 cm³/mol. The van der Waals surface area contributed by atoms with E-state index >= 15 is 0 Å². The average Bonchev–Trinajstić information content (AvgIpc) is 3.33. The van der Waals surface area contributed by atoms with E-state index in [4.69, 9.17) is 16.4 Å². The van der Waals surface area contributed by atoms with Crippen LogP contribution in [0.5, 0.6) is 0 Å². The molecular weight excluding hydrogens is 577 g/mol. The molecule has 5 nitrogen and oxygen atoms in total. The third-order valence-corrected chi connectivity index (χ3v) is 8.24. The highest BCUT2D eigenvalue weighted by Crippen LogP contribution is 2.39. The molecule has 0 aliphatic carbocycles. The Bertz CT molecular complexity index is 1200. The molecule has 11 heteroatoms. The largest absolute Gasteiger partial charge is 0.395 e. The van der Waals surface area contributed by atoms with Gasteiger partial charge in [0.05, 0.1) is 12.3 Å². The van der Waals surface area contributed by atoms with Crippen LogP contribution in [0.2, 0.25) is 5.02 Å². The van der Waals surface area contributed by atoms with Gasteiger partial charge in [0.2, 0.25) is 5.91 Å². The quantitative estimate of drug-likeness (QED) is 0.278. The van der Waals surface area contributed by atoms with Crippen LogP contribution in [0.25, 0.3) is 0 Å². The number of alkyl halides is 3. The Balaban J connectivity index is 0.000000616. The summed E-state index contributed by atoms with van der Waals surface area (Å²) in [7, 11) is 2.10. The summed E-state index contributed by atoms with van der Waals surface area (Å²) in [6.45, 7) is 9.55. The number of likely N-dealkylation sites (tertiary alicyclic amines) is 1. The zero-order valence-electron chi connectivity index (χ0n) is 24.4. The number of nitrogens with zero attached hydrogens (tertiary/aromatic N) is 3. The molecule has 3 atom stereocenters. The minimum Gasteiger partial charge on any atom is -0.341 e. The van der Waals surface area contributed by atoms with E-state index in [0.29, 0.717) is 31.7 Å². The van der Waals surface area contributed by atoms with Crippen molar-refractivity contribution in [1.29, 1.82) is 0 Å². The monoisotopic (exact) mass is 615 g/mol. The van der Waals surface area contributed by atoms with Gasteiger partial charge in [-0.2, -0.15) is 13.2 Å². The predicted octanol–water partition coefficient (Wildman–Crippen LogP) is 6.87. The highest BCUT2D eigenvalue weighted by molar-refractivity contribution is 6.30. The molecular formula is C31H39ClF5N3O2. The minimum absolute atomic E-state index is 0.0730.